The number of hydrogen-bond donors (Lipinski definition) is 2. The minimum atomic E-state index is -1.07. The van der Waals surface area contributed by atoms with Gasteiger partial charge in [-0.3, -0.25) is 14.5 Å². The molecular formula is C11H20N2O4. The van der Waals surface area contributed by atoms with Gasteiger partial charge >= 0.3 is 11.9 Å². The van der Waals surface area contributed by atoms with Gasteiger partial charge < -0.3 is 15.1 Å². The molecule has 98 valence electrons. The van der Waals surface area contributed by atoms with Crippen LogP contribution in [0, 0.1) is 0 Å². The topological polar surface area (TPSA) is 81.1 Å². The average molecular weight is 244 g/mol. The van der Waals surface area contributed by atoms with E-state index in [1.165, 1.54) is 0 Å². The number of hydrogen-bond acceptors (Lipinski definition) is 4. The number of piperidine rings is 1. The standard InChI is InChI=1S/C11H20N2O4/c1-12-5-3-8(4-6-12)13(2)9(11(16)17)7-10(14)15/h8-9H,3-7H2,1-2H3,(H,14,15)(H,16,17). The van der Waals surface area contributed by atoms with Crippen molar-refractivity contribution in [2.24, 2.45) is 0 Å². The number of likely N-dealkylation sites (N-methyl/N-ethyl adjacent to an activating group) is 1. The molecular weight excluding hydrogens is 224 g/mol. The normalized spacial score (nSPS) is 20.4. The molecule has 6 heteroatoms. The fourth-order valence-electron chi connectivity index (χ4n) is 2.23. The van der Waals surface area contributed by atoms with Gasteiger partial charge in [-0.25, -0.2) is 0 Å². The second-order valence-electron chi connectivity index (χ2n) is 4.65. The van der Waals surface area contributed by atoms with Gasteiger partial charge in [0.05, 0.1) is 6.42 Å². The SMILES string of the molecule is CN1CCC(N(C)C(CC(=O)O)C(=O)O)CC1. The van der Waals surface area contributed by atoms with Gasteiger partial charge in [-0.2, -0.15) is 0 Å². The van der Waals surface area contributed by atoms with E-state index in [0.29, 0.717) is 0 Å². The Balaban J connectivity index is 2.61. The van der Waals surface area contributed by atoms with E-state index in [4.69, 9.17) is 10.2 Å². The van der Waals surface area contributed by atoms with Gasteiger partial charge in [0.25, 0.3) is 0 Å². The second kappa shape index (κ2) is 5.97. The summed E-state index contributed by atoms with van der Waals surface area (Å²) in [5.74, 6) is -2.13. The number of carboxylic acids is 2. The first-order valence-electron chi connectivity index (χ1n) is 5.77. The fraction of sp³-hybridized carbons (Fsp3) is 0.818. The number of likely N-dealkylation sites (tertiary alicyclic amines) is 1. The van der Waals surface area contributed by atoms with Gasteiger partial charge in [0.15, 0.2) is 0 Å². The summed E-state index contributed by atoms with van der Waals surface area (Å²) in [5.41, 5.74) is 0. The van der Waals surface area contributed by atoms with Crippen LogP contribution in [0.4, 0.5) is 0 Å². The van der Waals surface area contributed by atoms with Crippen molar-refractivity contribution in [1.82, 2.24) is 9.80 Å². The van der Waals surface area contributed by atoms with Gasteiger partial charge in [0, 0.05) is 6.04 Å². The lowest BCUT2D eigenvalue weighted by atomic mass is 10.0. The van der Waals surface area contributed by atoms with E-state index >= 15 is 0 Å². The third-order valence-corrected chi connectivity index (χ3v) is 3.41. The van der Waals surface area contributed by atoms with E-state index in [-0.39, 0.29) is 12.5 Å². The Hall–Kier alpha value is -1.14. The van der Waals surface area contributed by atoms with Crippen LogP contribution in [0.3, 0.4) is 0 Å². The highest BCUT2D eigenvalue weighted by atomic mass is 16.4. The summed E-state index contributed by atoms with van der Waals surface area (Å²) in [6, 6.07) is -0.771. The molecule has 0 amide bonds. The van der Waals surface area contributed by atoms with Crippen LogP contribution in [0.25, 0.3) is 0 Å². The number of rotatable bonds is 5. The van der Waals surface area contributed by atoms with Crippen LogP contribution < -0.4 is 0 Å². The Bertz CT molecular complexity index is 287. The highest BCUT2D eigenvalue weighted by molar-refractivity contribution is 5.80. The first kappa shape index (κ1) is 13.9. The van der Waals surface area contributed by atoms with E-state index < -0.39 is 18.0 Å². The smallest absolute Gasteiger partial charge is 0.321 e. The van der Waals surface area contributed by atoms with Crippen LogP contribution in [-0.4, -0.2) is 71.2 Å². The van der Waals surface area contributed by atoms with Crippen molar-refractivity contribution in [3.05, 3.63) is 0 Å². The van der Waals surface area contributed by atoms with E-state index in [1.54, 1.807) is 11.9 Å². The van der Waals surface area contributed by atoms with Gasteiger partial charge in [-0.15, -0.1) is 0 Å². The minimum Gasteiger partial charge on any atom is -0.481 e. The van der Waals surface area contributed by atoms with Crippen LogP contribution in [0.15, 0.2) is 0 Å². The monoisotopic (exact) mass is 244 g/mol. The maximum atomic E-state index is 11.1. The molecule has 17 heavy (non-hydrogen) atoms. The quantitative estimate of drug-likeness (QED) is 0.705. The molecule has 1 aliphatic heterocycles. The predicted molar refractivity (Wildman–Crippen MR) is 62.0 cm³/mol. The highest BCUT2D eigenvalue weighted by Gasteiger charge is 2.31. The number of aliphatic carboxylic acids is 2. The van der Waals surface area contributed by atoms with Crippen molar-refractivity contribution in [1.29, 1.82) is 0 Å². The highest BCUT2D eigenvalue weighted by Crippen LogP contribution is 2.18. The van der Waals surface area contributed by atoms with Crippen LogP contribution in [0.2, 0.25) is 0 Å². The zero-order valence-electron chi connectivity index (χ0n) is 10.3. The Morgan fingerprint density at radius 1 is 1.35 bits per heavy atom. The maximum Gasteiger partial charge on any atom is 0.321 e. The van der Waals surface area contributed by atoms with E-state index in [0.717, 1.165) is 25.9 Å². The molecule has 0 spiro atoms. The van der Waals surface area contributed by atoms with Crippen LogP contribution in [0.5, 0.6) is 0 Å². The van der Waals surface area contributed by atoms with Crippen molar-refractivity contribution < 1.29 is 19.8 Å². The van der Waals surface area contributed by atoms with Crippen molar-refractivity contribution >= 4 is 11.9 Å². The maximum absolute atomic E-state index is 11.1. The Kier molecular flexibility index (Phi) is 4.89. The summed E-state index contributed by atoms with van der Waals surface area (Å²) in [6.07, 6.45) is 1.42. The van der Waals surface area contributed by atoms with Crippen LogP contribution in [0.1, 0.15) is 19.3 Å². The second-order valence-corrected chi connectivity index (χ2v) is 4.65. The van der Waals surface area contributed by atoms with Gasteiger partial charge in [-0.05, 0) is 40.0 Å². The molecule has 1 unspecified atom stereocenters. The lowest BCUT2D eigenvalue weighted by molar-refractivity contribution is -0.150. The Morgan fingerprint density at radius 2 is 1.88 bits per heavy atom. The van der Waals surface area contributed by atoms with Crippen molar-refractivity contribution in [3.63, 3.8) is 0 Å². The zero-order chi connectivity index (χ0) is 13.0. The molecule has 1 atom stereocenters. The van der Waals surface area contributed by atoms with Crippen molar-refractivity contribution in [2.75, 3.05) is 27.2 Å². The third kappa shape index (κ3) is 3.98. The summed E-state index contributed by atoms with van der Waals surface area (Å²) < 4.78 is 0. The van der Waals surface area contributed by atoms with Crippen molar-refractivity contribution in [3.8, 4) is 0 Å². The van der Waals surface area contributed by atoms with Gasteiger partial charge in [-0.1, -0.05) is 0 Å². The van der Waals surface area contributed by atoms with Gasteiger partial charge in [0.1, 0.15) is 6.04 Å². The Labute approximate surface area is 101 Å². The molecule has 0 bridgehead atoms. The molecule has 6 nitrogen and oxygen atoms in total. The molecule has 1 aliphatic rings. The summed E-state index contributed by atoms with van der Waals surface area (Å²) in [4.78, 5) is 25.6. The summed E-state index contributed by atoms with van der Waals surface area (Å²) in [5, 5.41) is 17.8. The molecule has 0 aromatic carbocycles. The molecule has 0 radical (unpaired) electrons. The van der Waals surface area contributed by atoms with E-state index in [2.05, 4.69) is 4.90 Å². The number of carboxylic acid groups (broad SMARTS) is 2. The van der Waals surface area contributed by atoms with Crippen molar-refractivity contribution in [2.45, 2.75) is 31.3 Å². The lowest BCUT2D eigenvalue weighted by Crippen LogP contribution is -2.49. The molecule has 1 saturated heterocycles. The first-order valence-corrected chi connectivity index (χ1v) is 5.77. The minimum absolute atomic E-state index is 0.159. The largest absolute Gasteiger partial charge is 0.481 e. The van der Waals surface area contributed by atoms with Gasteiger partial charge in [0.2, 0.25) is 0 Å². The van der Waals surface area contributed by atoms with Crippen LogP contribution in [-0.2, 0) is 9.59 Å². The molecule has 0 saturated carbocycles. The van der Waals surface area contributed by atoms with E-state index in [1.807, 2.05) is 7.05 Å². The fourth-order valence-corrected chi connectivity index (χ4v) is 2.23. The molecule has 2 N–H and O–H groups in total. The molecule has 0 aromatic heterocycles. The molecule has 0 aliphatic carbocycles. The third-order valence-electron chi connectivity index (χ3n) is 3.41. The zero-order valence-corrected chi connectivity index (χ0v) is 10.3. The predicted octanol–water partition coefficient (Wildman–Crippen LogP) is -0.0597. The average Bonchev–Trinajstić information content (AvgIpc) is 2.25. The number of carbonyl (C=O) groups is 2. The number of nitrogens with zero attached hydrogens (tertiary/aromatic N) is 2. The molecule has 1 fully saturated rings. The molecule has 0 aromatic rings. The summed E-state index contributed by atoms with van der Waals surface area (Å²) >= 11 is 0. The van der Waals surface area contributed by atoms with E-state index in [9.17, 15) is 9.59 Å². The summed E-state index contributed by atoms with van der Waals surface area (Å²) in [6.45, 7) is 1.85. The summed E-state index contributed by atoms with van der Waals surface area (Å²) in [7, 11) is 3.74. The first-order chi connectivity index (χ1) is 7.91. The molecule has 1 rings (SSSR count). The molecule has 1 heterocycles. The van der Waals surface area contributed by atoms with Crippen LogP contribution >= 0.6 is 0 Å². The Morgan fingerprint density at radius 3 is 2.29 bits per heavy atom. The lowest BCUT2D eigenvalue weighted by Gasteiger charge is -2.37.